The largest absolute Gasteiger partial charge is 0.497 e. The zero-order valence-corrected chi connectivity index (χ0v) is 15.5. The van der Waals surface area contributed by atoms with Gasteiger partial charge in [0, 0.05) is 18.3 Å². The number of nitrogens with zero attached hydrogens (tertiary/aromatic N) is 1. The van der Waals surface area contributed by atoms with Crippen molar-refractivity contribution in [3.8, 4) is 17.2 Å². The lowest BCUT2D eigenvalue weighted by atomic mass is 10.2. The molecule has 2 aromatic carbocycles. The molecule has 144 valence electrons. The van der Waals surface area contributed by atoms with Crippen molar-refractivity contribution in [3.05, 3.63) is 48.5 Å². The van der Waals surface area contributed by atoms with Crippen LogP contribution < -0.4 is 19.5 Å². The number of amides is 2. The van der Waals surface area contributed by atoms with Crippen LogP contribution in [0.25, 0.3) is 0 Å². The molecule has 0 aromatic heterocycles. The molecule has 2 amide bonds. The van der Waals surface area contributed by atoms with Gasteiger partial charge < -0.3 is 29.2 Å². The van der Waals surface area contributed by atoms with E-state index < -0.39 is 0 Å². The number of para-hydroxylation sites is 2. The SMILES string of the molecule is COc1cccc(NC(=O)N2CCOC(COc3ccccc3OC)C2)c1. The van der Waals surface area contributed by atoms with Crippen LogP contribution in [-0.2, 0) is 4.74 Å². The summed E-state index contributed by atoms with van der Waals surface area (Å²) in [5, 5.41) is 2.89. The maximum absolute atomic E-state index is 12.5. The minimum absolute atomic E-state index is 0.172. The molecule has 7 heteroatoms. The molecule has 27 heavy (non-hydrogen) atoms. The van der Waals surface area contributed by atoms with E-state index in [2.05, 4.69) is 5.32 Å². The van der Waals surface area contributed by atoms with E-state index in [9.17, 15) is 4.79 Å². The number of ether oxygens (including phenoxy) is 4. The van der Waals surface area contributed by atoms with Crippen molar-refractivity contribution in [2.45, 2.75) is 6.10 Å². The van der Waals surface area contributed by atoms with E-state index in [1.54, 1.807) is 25.2 Å². The minimum atomic E-state index is -0.209. The van der Waals surface area contributed by atoms with Crippen LogP contribution in [0.3, 0.4) is 0 Å². The molecule has 0 spiro atoms. The standard InChI is InChI=1S/C20H24N2O5/c1-24-16-7-5-6-15(12-16)21-20(23)22-10-11-26-17(13-22)14-27-19-9-4-3-8-18(19)25-2/h3-9,12,17H,10-11,13-14H2,1-2H3,(H,21,23). The first-order valence-corrected chi connectivity index (χ1v) is 8.77. The second kappa shape index (κ2) is 9.14. The summed E-state index contributed by atoms with van der Waals surface area (Å²) < 4.78 is 22.0. The van der Waals surface area contributed by atoms with Crippen LogP contribution in [0.5, 0.6) is 17.2 Å². The first kappa shape index (κ1) is 18.8. The molecule has 1 heterocycles. The molecule has 3 rings (SSSR count). The summed E-state index contributed by atoms with van der Waals surface area (Å²) in [6.45, 7) is 1.78. The third-order valence-electron chi connectivity index (χ3n) is 4.24. The summed E-state index contributed by atoms with van der Waals surface area (Å²) in [6.07, 6.45) is -0.209. The molecule has 0 bridgehead atoms. The zero-order chi connectivity index (χ0) is 19.1. The van der Waals surface area contributed by atoms with E-state index in [1.807, 2.05) is 42.5 Å². The predicted octanol–water partition coefficient (Wildman–Crippen LogP) is 3.02. The van der Waals surface area contributed by atoms with E-state index in [0.717, 1.165) is 0 Å². The number of morpholine rings is 1. The van der Waals surface area contributed by atoms with Gasteiger partial charge in [-0.2, -0.15) is 0 Å². The van der Waals surface area contributed by atoms with Crippen molar-refractivity contribution in [2.75, 3.05) is 45.8 Å². The third kappa shape index (κ3) is 5.04. The Morgan fingerprint density at radius 1 is 1.15 bits per heavy atom. The molecular formula is C20H24N2O5. The average molecular weight is 372 g/mol. The molecule has 1 aliphatic rings. The van der Waals surface area contributed by atoms with Gasteiger partial charge in [-0.25, -0.2) is 4.79 Å². The van der Waals surface area contributed by atoms with E-state index >= 15 is 0 Å². The summed E-state index contributed by atoms with van der Waals surface area (Å²) in [4.78, 5) is 14.3. The van der Waals surface area contributed by atoms with Gasteiger partial charge in [-0.3, -0.25) is 0 Å². The van der Waals surface area contributed by atoms with Crippen LogP contribution in [0.15, 0.2) is 48.5 Å². The monoisotopic (exact) mass is 372 g/mol. The number of anilines is 1. The summed E-state index contributed by atoms with van der Waals surface area (Å²) >= 11 is 0. The van der Waals surface area contributed by atoms with Gasteiger partial charge in [0.1, 0.15) is 18.5 Å². The Kier molecular flexibility index (Phi) is 6.38. The Morgan fingerprint density at radius 3 is 2.74 bits per heavy atom. The first-order valence-electron chi connectivity index (χ1n) is 8.77. The van der Waals surface area contributed by atoms with Crippen molar-refractivity contribution in [1.29, 1.82) is 0 Å². The molecular weight excluding hydrogens is 348 g/mol. The lowest BCUT2D eigenvalue weighted by Crippen LogP contribution is -2.49. The number of hydrogen-bond acceptors (Lipinski definition) is 5. The molecule has 1 aliphatic heterocycles. The van der Waals surface area contributed by atoms with Crippen molar-refractivity contribution in [3.63, 3.8) is 0 Å². The highest BCUT2D eigenvalue weighted by Crippen LogP contribution is 2.26. The van der Waals surface area contributed by atoms with E-state index in [0.29, 0.717) is 49.2 Å². The second-order valence-electron chi connectivity index (χ2n) is 6.06. The van der Waals surface area contributed by atoms with Crippen LogP contribution in [-0.4, -0.2) is 57.6 Å². The molecule has 0 saturated carbocycles. The summed E-state index contributed by atoms with van der Waals surface area (Å²) in [5.74, 6) is 2.01. The Bertz CT molecular complexity index is 768. The fraction of sp³-hybridized carbons (Fsp3) is 0.350. The van der Waals surface area contributed by atoms with Gasteiger partial charge in [0.05, 0.1) is 27.4 Å². The predicted molar refractivity (Wildman–Crippen MR) is 102 cm³/mol. The van der Waals surface area contributed by atoms with E-state index in [1.165, 1.54) is 0 Å². The Labute approximate surface area is 158 Å². The topological polar surface area (TPSA) is 69.3 Å². The van der Waals surface area contributed by atoms with E-state index in [-0.39, 0.29) is 12.1 Å². The number of urea groups is 1. The van der Waals surface area contributed by atoms with Gasteiger partial charge in [0.2, 0.25) is 0 Å². The van der Waals surface area contributed by atoms with Crippen molar-refractivity contribution in [1.82, 2.24) is 4.90 Å². The minimum Gasteiger partial charge on any atom is -0.497 e. The number of rotatable bonds is 6. The van der Waals surface area contributed by atoms with Crippen LogP contribution >= 0.6 is 0 Å². The summed E-state index contributed by atoms with van der Waals surface area (Å²) in [7, 11) is 3.19. The van der Waals surface area contributed by atoms with Crippen LogP contribution in [0.1, 0.15) is 0 Å². The molecule has 0 radical (unpaired) electrons. The lowest BCUT2D eigenvalue weighted by Gasteiger charge is -2.32. The molecule has 2 aromatic rings. The van der Waals surface area contributed by atoms with Gasteiger partial charge in [-0.05, 0) is 24.3 Å². The van der Waals surface area contributed by atoms with Crippen LogP contribution in [0.2, 0.25) is 0 Å². The number of carbonyl (C=O) groups excluding carboxylic acids is 1. The quantitative estimate of drug-likeness (QED) is 0.844. The normalized spacial score (nSPS) is 16.5. The lowest BCUT2D eigenvalue weighted by molar-refractivity contribution is -0.0340. The number of carbonyl (C=O) groups is 1. The van der Waals surface area contributed by atoms with Gasteiger partial charge in [-0.15, -0.1) is 0 Å². The average Bonchev–Trinajstić information content (AvgIpc) is 2.72. The Balaban J connectivity index is 1.54. The maximum atomic E-state index is 12.5. The second-order valence-corrected chi connectivity index (χ2v) is 6.06. The molecule has 1 saturated heterocycles. The van der Waals surface area contributed by atoms with Crippen molar-refractivity contribution < 1.29 is 23.7 Å². The van der Waals surface area contributed by atoms with Gasteiger partial charge >= 0.3 is 6.03 Å². The number of benzene rings is 2. The molecule has 1 fully saturated rings. The summed E-state index contributed by atoms with van der Waals surface area (Å²) in [6, 6.07) is 14.5. The molecule has 1 N–H and O–H groups in total. The van der Waals surface area contributed by atoms with Crippen LogP contribution in [0, 0.1) is 0 Å². The smallest absolute Gasteiger partial charge is 0.322 e. The molecule has 1 atom stereocenters. The fourth-order valence-electron chi connectivity index (χ4n) is 2.83. The van der Waals surface area contributed by atoms with Crippen molar-refractivity contribution in [2.24, 2.45) is 0 Å². The first-order chi connectivity index (χ1) is 13.2. The Morgan fingerprint density at radius 2 is 1.96 bits per heavy atom. The fourth-order valence-corrected chi connectivity index (χ4v) is 2.83. The number of hydrogen-bond donors (Lipinski definition) is 1. The molecule has 0 aliphatic carbocycles. The van der Waals surface area contributed by atoms with Gasteiger partial charge in [-0.1, -0.05) is 18.2 Å². The highest BCUT2D eigenvalue weighted by Gasteiger charge is 2.25. The van der Waals surface area contributed by atoms with Gasteiger partial charge in [0.25, 0.3) is 0 Å². The van der Waals surface area contributed by atoms with E-state index in [4.69, 9.17) is 18.9 Å². The number of nitrogens with one attached hydrogen (secondary N) is 1. The maximum Gasteiger partial charge on any atom is 0.322 e. The molecule has 7 nitrogen and oxygen atoms in total. The zero-order valence-electron chi connectivity index (χ0n) is 15.5. The summed E-state index contributed by atoms with van der Waals surface area (Å²) in [5.41, 5.74) is 0.688. The molecule has 1 unspecified atom stereocenters. The van der Waals surface area contributed by atoms with Crippen molar-refractivity contribution >= 4 is 11.7 Å². The highest BCUT2D eigenvalue weighted by molar-refractivity contribution is 5.89. The van der Waals surface area contributed by atoms with Gasteiger partial charge in [0.15, 0.2) is 11.5 Å². The number of methoxy groups -OCH3 is 2. The Hall–Kier alpha value is -2.93. The van der Waals surface area contributed by atoms with Crippen LogP contribution in [0.4, 0.5) is 10.5 Å². The highest BCUT2D eigenvalue weighted by atomic mass is 16.5. The third-order valence-corrected chi connectivity index (χ3v) is 4.24.